The van der Waals surface area contributed by atoms with Gasteiger partial charge in [0.15, 0.2) is 6.04 Å². The van der Waals surface area contributed by atoms with Gasteiger partial charge in [0.05, 0.1) is 10.0 Å². The second-order valence-electron chi connectivity index (χ2n) is 4.94. The molecule has 2 unspecified atom stereocenters. The monoisotopic (exact) mass is 346 g/mol. The van der Waals surface area contributed by atoms with Gasteiger partial charge in [-0.15, -0.1) is 10.2 Å². The van der Waals surface area contributed by atoms with Crippen LogP contribution in [0.4, 0.5) is 0 Å². The summed E-state index contributed by atoms with van der Waals surface area (Å²) in [5.74, 6) is 1.71. The molecular weight excluding hydrogens is 329 g/mol. The molecule has 114 valence electrons. The molecule has 0 bridgehead atoms. The predicted octanol–water partition coefficient (Wildman–Crippen LogP) is 4.00. The second-order valence-corrected chi connectivity index (χ2v) is 6.68. The van der Waals surface area contributed by atoms with E-state index in [0.29, 0.717) is 32.8 Å². The summed E-state index contributed by atoms with van der Waals surface area (Å²) in [6.07, 6.45) is 1.03. The number of quaternary nitrogens is 1. The average molecular weight is 347 g/mol. The van der Waals surface area contributed by atoms with Crippen LogP contribution in [0.3, 0.4) is 0 Å². The van der Waals surface area contributed by atoms with Crippen molar-refractivity contribution in [1.29, 1.82) is 0 Å². The van der Waals surface area contributed by atoms with Crippen molar-refractivity contribution >= 4 is 35.0 Å². The van der Waals surface area contributed by atoms with E-state index >= 15 is 0 Å². The summed E-state index contributed by atoms with van der Waals surface area (Å²) >= 11 is 13.4. The molecule has 7 heteroatoms. The fourth-order valence-electron chi connectivity index (χ4n) is 1.73. The number of nitrogens with zero attached hydrogens (tertiary/aromatic N) is 2. The van der Waals surface area contributed by atoms with Gasteiger partial charge in [0, 0.05) is 11.7 Å². The largest absolute Gasteiger partial charge is 0.410 e. The molecule has 0 aliphatic heterocycles. The molecule has 2 aromatic rings. The summed E-state index contributed by atoms with van der Waals surface area (Å²) < 4.78 is 5.66. The second kappa shape index (κ2) is 7.49. The maximum absolute atomic E-state index is 5.99. The van der Waals surface area contributed by atoms with Crippen LogP contribution in [0.15, 0.2) is 27.8 Å². The number of aromatic nitrogens is 2. The van der Waals surface area contributed by atoms with E-state index in [4.69, 9.17) is 27.6 Å². The first-order valence-corrected chi connectivity index (χ1v) is 8.48. The normalized spacial score (nSPS) is 14.1. The lowest BCUT2D eigenvalue weighted by Crippen LogP contribution is -2.56. The first-order chi connectivity index (χ1) is 10.0. The van der Waals surface area contributed by atoms with Gasteiger partial charge in [-0.05, 0) is 24.1 Å². The van der Waals surface area contributed by atoms with Crippen LogP contribution >= 0.6 is 35.0 Å². The molecule has 0 saturated carbocycles. The molecule has 0 radical (unpaired) electrons. The van der Waals surface area contributed by atoms with E-state index in [1.165, 1.54) is 11.8 Å². The number of benzene rings is 1. The van der Waals surface area contributed by atoms with Gasteiger partial charge in [-0.3, -0.25) is 0 Å². The smallest absolute Gasteiger partial charge is 0.277 e. The molecule has 0 saturated heterocycles. The molecule has 0 amide bonds. The summed E-state index contributed by atoms with van der Waals surface area (Å²) in [5.41, 5.74) is 5.15. The van der Waals surface area contributed by atoms with Gasteiger partial charge in [-0.25, -0.2) is 0 Å². The fraction of sp³-hybridized carbons (Fsp3) is 0.429. The Bertz CT molecular complexity index is 606. The van der Waals surface area contributed by atoms with Gasteiger partial charge in [-0.2, -0.15) is 0 Å². The third kappa shape index (κ3) is 4.36. The first kappa shape index (κ1) is 16.6. The highest BCUT2D eigenvalue weighted by Gasteiger charge is 2.23. The molecule has 1 heterocycles. The number of rotatable bonds is 6. The summed E-state index contributed by atoms with van der Waals surface area (Å²) in [5, 5.41) is 9.79. The van der Waals surface area contributed by atoms with Crippen molar-refractivity contribution in [1.82, 2.24) is 10.2 Å². The Labute approximate surface area is 138 Å². The standard InChI is InChI=1S/C14H17Cl2N3OS/c1-3-8(2)12(17)13-18-19-14(20-13)21-7-9-4-5-10(15)11(16)6-9/h4-6,8,12H,3,7,17H2,1-2H3/p+1. The van der Waals surface area contributed by atoms with Crippen LogP contribution in [0.25, 0.3) is 0 Å². The highest BCUT2D eigenvalue weighted by molar-refractivity contribution is 7.98. The molecule has 1 aromatic carbocycles. The third-order valence-corrected chi connectivity index (χ3v) is 5.05. The van der Waals surface area contributed by atoms with E-state index in [-0.39, 0.29) is 6.04 Å². The predicted molar refractivity (Wildman–Crippen MR) is 85.4 cm³/mol. The van der Waals surface area contributed by atoms with E-state index in [2.05, 4.69) is 29.8 Å². The fourth-order valence-corrected chi connectivity index (χ4v) is 2.76. The lowest BCUT2D eigenvalue weighted by atomic mass is 10.0. The minimum Gasteiger partial charge on any atom is -0.410 e. The molecule has 3 N–H and O–H groups in total. The van der Waals surface area contributed by atoms with Crippen LogP contribution in [-0.4, -0.2) is 10.2 Å². The van der Waals surface area contributed by atoms with Gasteiger partial charge < -0.3 is 10.2 Å². The molecule has 0 fully saturated rings. The van der Waals surface area contributed by atoms with Crippen molar-refractivity contribution in [3.05, 3.63) is 39.7 Å². The van der Waals surface area contributed by atoms with Gasteiger partial charge in [0.2, 0.25) is 0 Å². The number of hydrogen-bond acceptors (Lipinski definition) is 4. The Hall–Kier alpha value is -0.750. The lowest BCUT2D eigenvalue weighted by molar-refractivity contribution is -0.444. The molecule has 2 rings (SSSR count). The highest BCUT2D eigenvalue weighted by Crippen LogP contribution is 2.28. The van der Waals surface area contributed by atoms with E-state index < -0.39 is 0 Å². The van der Waals surface area contributed by atoms with Crippen LogP contribution in [0, 0.1) is 5.92 Å². The quantitative estimate of drug-likeness (QED) is 0.802. The minimum absolute atomic E-state index is 0.0295. The Morgan fingerprint density at radius 1 is 1.29 bits per heavy atom. The third-order valence-electron chi connectivity index (χ3n) is 3.42. The van der Waals surface area contributed by atoms with Crippen molar-refractivity contribution in [3.8, 4) is 0 Å². The summed E-state index contributed by atoms with van der Waals surface area (Å²) in [6, 6.07) is 5.59. The molecule has 4 nitrogen and oxygen atoms in total. The zero-order valence-electron chi connectivity index (χ0n) is 12.0. The van der Waals surface area contributed by atoms with E-state index in [1.807, 2.05) is 12.1 Å². The highest BCUT2D eigenvalue weighted by atomic mass is 35.5. The summed E-state index contributed by atoms with van der Waals surface area (Å²) in [6.45, 7) is 4.25. The number of halogens is 2. The zero-order valence-corrected chi connectivity index (χ0v) is 14.3. The van der Waals surface area contributed by atoms with Crippen LogP contribution in [0.1, 0.15) is 37.8 Å². The number of hydrogen-bond donors (Lipinski definition) is 1. The summed E-state index contributed by atoms with van der Waals surface area (Å²) in [4.78, 5) is 0. The number of thioether (sulfide) groups is 1. The molecule has 1 aromatic heterocycles. The van der Waals surface area contributed by atoms with E-state index in [9.17, 15) is 0 Å². The van der Waals surface area contributed by atoms with Crippen molar-refractivity contribution in [3.63, 3.8) is 0 Å². The topological polar surface area (TPSA) is 66.6 Å². The Balaban J connectivity index is 1.98. The van der Waals surface area contributed by atoms with Gasteiger partial charge in [0.25, 0.3) is 11.1 Å². The van der Waals surface area contributed by atoms with Gasteiger partial charge in [-0.1, -0.05) is 54.9 Å². The molecule has 21 heavy (non-hydrogen) atoms. The molecule has 0 aliphatic rings. The first-order valence-electron chi connectivity index (χ1n) is 6.74. The molecule has 2 atom stereocenters. The van der Waals surface area contributed by atoms with Crippen LogP contribution in [0.2, 0.25) is 10.0 Å². The molecular formula is C14H18Cl2N3OS+. The van der Waals surface area contributed by atoms with Crippen molar-refractivity contribution in [2.45, 2.75) is 37.3 Å². The summed E-state index contributed by atoms with van der Waals surface area (Å²) in [7, 11) is 0. The van der Waals surface area contributed by atoms with Crippen LogP contribution < -0.4 is 5.73 Å². The molecule has 0 aliphatic carbocycles. The van der Waals surface area contributed by atoms with Crippen LogP contribution in [-0.2, 0) is 5.75 Å². The van der Waals surface area contributed by atoms with E-state index in [0.717, 1.165) is 12.0 Å². The Kier molecular flexibility index (Phi) is 5.93. The zero-order chi connectivity index (χ0) is 15.4. The Morgan fingerprint density at radius 2 is 2.05 bits per heavy atom. The van der Waals surface area contributed by atoms with Crippen molar-refractivity contribution in [2.75, 3.05) is 0 Å². The van der Waals surface area contributed by atoms with Gasteiger partial charge in [0.1, 0.15) is 0 Å². The SMILES string of the molecule is CCC(C)C([NH3+])c1nnc(SCc2ccc(Cl)c(Cl)c2)o1. The molecule has 0 spiro atoms. The van der Waals surface area contributed by atoms with Crippen molar-refractivity contribution < 1.29 is 10.2 Å². The lowest BCUT2D eigenvalue weighted by Gasteiger charge is -2.09. The maximum atomic E-state index is 5.99. The average Bonchev–Trinajstić information content (AvgIpc) is 2.95. The van der Waals surface area contributed by atoms with Crippen molar-refractivity contribution in [2.24, 2.45) is 5.92 Å². The van der Waals surface area contributed by atoms with E-state index in [1.54, 1.807) is 6.07 Å². The van der Waals surface area contributed by atoms with Gasteiger partial charge >= 0.3 is 0 Å². The Morgan fingerprint density at radius 3 is 2.71 bits per heavy atom. The maximum Gasteiger partial charge on any atom is 0.277 e. The van der Waals surface area contributed by atoms with Crippen LogP contribution in [0.5, 0.6) is 0 Å². The minimum atomic E-state index is 0.0295.